The first-order valence-electron chi connectivity index (χ1n) is 8.99. The molecule has 1 unspecified atom stereocenters. The molecular weight excluding hydrogens is 332 g/mol. The van der Waals surface area contributed by atoms with Gasteiger partial charge in [0.05, 0.1) is 13.2 Å². The molecule has 144 valence electrons. The second-order valence-electron chi connectivity index (χ2n) is 7.44. The Morgan fingerprint density at radius 2 is 1.77 bits per heavy atom. The molecule has 1 aromatic rings. The van der Waals surface area contributed by atoms with Gasteiger partial charge in [-0.1, -0.05) is 30.3 Å². The molecule has 1 aliphatic rings. The van der Waals surface area contributed by atoms with E-state index in [1.807, 2.05) is 56.0 Å². The third-order valence-electron chi connectivity index (χ3n) is 4.22. The zero-order valence-corrected chi connectivity index (χ0v) is 15.9. The Morgan fingerprint density at radius 1 is 1.19 bits per heavy atom. The topological polar surface area (TPSA) is 91.4 Å². The van der Waals surface area contributed by atoms with Crippen molar-refractivity contribution in [2.45, 2.75) is 32.3 Å². The van der Waals surface area contributed by atoms with Crippen LogP contribution >= 0.6 is 0 Å². The molecule has 1 heterocycles. The molecule has 26 heavy (non-hydrogen) atoms. The molecule has 1 atom stereocenters. The molecule has 0 aliphatic carbocycles. The minimum Gasteiger partial charge on any atom is -0.444 e. The van der Waals surface area contributed by atoms with E-state index < -0.39 is 5.60 Å². The molecule has 3 N–H and O–H groups in total. The molecule has 0 aromatic heterocycles. The van der Waals surface area contributed by atoms with Crippen molar-refractivity contribution in [2.75, 3.05) is 39.3 Å². The number of rotatable bonds is 4. The van der Waals surface area contributed by atoms with E-state index in [-0.39, 0.29) is 18.6 Å². The quantitative estimate of drug-likeness (QED) is 0.627. The van der Waals surface area contributed by atoms with Crippen molar-refractivity contribution >= 4 is 12.1 Å². The van der Waals surface area contributed by atoms with Crippen molar-refractivity contribution in [2.24, 2.45) is 10.7 Å². The van der Waals surface area contributed by atoms with Crippen LogP contribution < -0.4 is 5.73 Å². The Balaban J connectivity index is 1.86. The number of piperazine rings is 1. The van der Waals surface area contributed by atoms with Crippen LogP contribution in [0, 0.1) is 0 Å². The Kier molecular flexibility index (Phi) is 6.85. The number of nitrogens with two attached hydrogens (primary N) is 1. The molecule has 1 aliphatic heterocycles. The number of aliphatic hydroxyl groups is 1. The number of nitrogens with zero attached hydrogens (tertiary/aromatic N) is 3. The number of carbonyl (C=O) groups excluding carboxylic acids is 1. The van der Waals surface area contributed by atoms with Gasteiger partial charge in [0, 0.05) is 32.1 Å². The lowest BCUT2D eigenvalue weighted by molar-refractivity contribution is 0.0186. The summed E-state index contributed by atoms with van der Waals surface area (Å²) in [5.74, 6) is 0.376. The average Bonchev–Trinajstić information content (AvgIpc) is 2.61. The second-order valence-corrected chi connectivity index (χ2v) is 7.44. The van der Waals surface area contributed by atoms with E-state index in [4.69, 9.17) is 10.5 Å². The molecule has 0 bridgehead atoms. The number of guanidine groups is 1. The maximum Gasteiger partial charge on any atom is 0.410 e. The largest absolute Gasteiger partial charge is 0.444 e. The SMILES string of the molecule is CC(C)(C)OC(=O)N1CCN(C(N)=NCC(CO)c2ccccc2)CC1. The number of hydrogen-bond acceptors (Lipinski definition) is 4. The van der Waals surface area contributed by atoms with Gasteiger partial charge in [0.25, 0.3) is 0 Å². The first-order chi connectivity index (χ1) is 12.3. The summed E-state index contributed by atoms with van der Waals surface area (Å²) in [5, 5.41) is 9.61. The third-order valence-corrected chi connectivity index (χ3v) is 4.22. The number of hydrogen-bond donors (Lipinski definition) is 2. The van der Waals surface area contributed by atoms with Crippen LogP contribution in [-0.2, 0) is 4.74 Å². The van der Waals surface area contributed by atoms with Crippen molar-refractivity contribution in [3.8, 4) is 0 Å². The van der Waals surface area contributed by atoms with Gasteiger partial charge >= 0.3 is 6.09 Å². The summed E-state index contributed by atoms with van der Waals surface area (Å²) in [6.07, 6.45) is -0.294. The molecule has 7 nitrogen and oxygen atoms in total. The summed E-state index contributed by atoms with van der Waals surface area (Å²) >= 11 is 0. The van der Waals surface area contributed by atoms with Gasteiger partial charge in [0.2, 0.25) is 0 Å². The van der Waals surface area contributed by atoms with Gasteiger partial charge < -0.3 is 25.4 Å². The molecule has 0 saturated carbocycles. The highest BCUT2D eigenvalue weighted by Gasteiger charge is 2.26. The van der Waals surface area contributed by atoms with Crippen molar-refractivity contribution in [1.82, 2.24) is 9.80 Å². The monoisotopic (exact) mass is 362 g/mol. The fourth-order valence-corrected chi connectivity index (χ4v) is 2.74. The fourth-order valence-electron chi connectivity index (χ4n) is 2.74. The van der Waals surface area contributed by atoms with Gasteiger partial charge in [-0.2, -0.15) is 0 Å². The lowest BCUT2D eigenvalue weighted by Crippen LogP contribution is -2.53. The van der Waals surface area contributed by atoms with Crippen molar-refractivity contribution in [1.29, 1.82) is 0 Å². The van der Waals surface area contributed by atoms with Gasteiger partial charge in [-0.15, -0.1) is 0 Å². The minimum absolute atomic E-state index is 0.0210. The van der Waals surface area contributed by atoms with Crippen LogP contribution in [0.2, 0.25) is 0 Å². The number of aliphatic imine (C=N–C) groups is 1. The lowest BCUT2D eigenvalue weighted by Gasteiger charge is -2.36. The Hall–Kier alpha value is -2.28. The smallest absolute Gasteiger partial charge is 0.410 e. The number of amides is 1. The third kappa shape index (κ3) is 5.91. The van der Waals surface area contributed by atoms with Gasteiger partial charge in [-0.3, -0.25) is 4.99 Å². The molecule has 1 aromatic carbocycles. The predicted octanol–water partition coefficient (Wildman–Crippen LogP) is 1.63. The maximum atomic E-state index is 12.1. The summed E-state index contributed by atoms with van der Waals surface area (Å²) in [7, 11) is 0. The van der Waals surface area contributed by atoms with E-state index in [9.17, 15) is 9.90 Å². The summed E-state index contributed by atoms with van der Waals surface area (Å²) in [6, 6.07) is 9.79. The Labute approximate surface area is 155 Å². The Bertz CT molecular complexity index is 605. The van der Waals surface area contributed by atoms with E-state index in [1.54, 1.807) is 4.90 Å². The average molecular weight is 362 g/mol. The standard InChI is InChI=1S/C19H30N4O3/c1-19(2,3)26-18(25)23-11-9-22(10-12-23)17(20)21-13-16(14-24)15-7-5-4-6-8-15/h4-8,16,24H,9-14H2,1-3H3,(H2,20,21). The van der Waals surface area contributed by atoms with Crippen molar-refractivity contribution in [3.63, 3.8) is 0 Å². The number of benzene rings is 1. The summed E-state index contributed by atoms with van der Waals surface area (Å²) in [5.41, 5.74) is 6.66. The van der Waals surface area contributed by atoms with Crippen LogP contribution in [0.4, 0.5) is 4.79 Å². The van der Waals surface area contributed by atoms with Crippen LogP contribution in [0.25, 0.3) is 0 Å². The minimum atomic E-state index is -0.495. The normalized spacial score (nSPS) is 17.2. The van der Waals surface area contributed by atoms with Gasteiger partial charge in [-0.05, 0) is 26.3 Å². The molecule has 0 spiro atoms. The lowest BCUT2D eigenvalue weighted by atomic mass is 10.0. The zero-order valence-electron chi connectivity index (χ0n) is 15.9. The summed E-state index contributed by atoms with van der Waals surface area (Å²) in [4.78, 5) is 20.2. The summed E-state index contributed by atoms with van der Waals surface area (Å²) in [6.45, 7) is 8.35. The highest BCUT2D eigenvalue weighted by atomic mass is 16.6. The zero-order chi connectivity index (χ0) is 19.2. The van der Waals surface area contributed by atoms with E-state index >= 15 is 0 Å². The first kappa shape index (κ1) is 20.0. The van der Waals surface area contributed by atoms with Crippen LogP contribution in [0.1, 0.15) is 32.3 Å². The van der Waals surface area contributed by atoms with Crippen LogP contribution in [0.5, 0.6) is 0 Å². The molecule has 1 fully saturated rings. The highest BCUT2D eigenvalue weighted by Crippen LogP contribution is 2.15. The number of aliphatic hydroxyl groups excluding tert-OH is 1. The molecule has 1 saturated heterocycles. The van der Waals surface area contributed by atoms with Crippen LogP contribution in [-0.4, -0.2) is 71.9 Å². The highest BCUT2D eigenvalue weighted by molar-refractivity contribution is 5.78. The predicted molar refractivity (Wildman–Crippen MR) is 102 cm³/mol. The van der Waals surface area contributed by atoms with Crippen LogP contribution in [0.3, 0.4) is 0 Å². The Morgan fingerprint density at radius 3 is 2.31 bits per heavy atom. The van der Waals surface area contributed by atoms with Crippen molar-refractivity contribution in [3.05, 3.63) is 35.9 Å². The number of carbonyl (C=O) groups is 1. The molecular formula is C19H30N4O3. The van der Waals surface area contributed by atoms with Crippen LogP contribution in [0.15, 0.2) is 35.3 Å². The van der Waals surface area contributed by atoms with E-state index in [1.165, 1.54) is 0 Å². The summed E-state index contributed by atoms with van der Waals surface area (Å²) < 4.78 is 5.39. The van der Waals surface area contributed by atoms with E-state index in [0.717, 1.165) is 5.56 Å². The number of ether oxygens (including phenoxy) is 1. The van der Waals surface area contributed by atoms with E-state index in [2.05, 4.69) is 4.99 Å². The van der Waals surface area contributed by atoms with Crippen molar-refractivity contribution < 1.29 is 14.6 Å². The molecule has 7 heteroatoms. The maximum absolute atomic E-state index is 12.1. The van der Waals surface area contributed by atoms with Gasteiger partial charge in [0.15, 0.2) is 5.96 Å². The molecule has 1 amide bonds. The second kappa shape index (κ2) is 8.89. The van der Waals surface area contributed by atoms with Gasteiger partial charge in [0.1, 0.15) is 5.60 Å². The fraction of sp³-hybridized carbons (Fsp3) is 0.579. The van der Waals surface area contributed by atoms with Gasteiger partial charge in [-0.25, -0.2) is 4.79 Å². The van der Waals surface area contributed by atoms with E-state index in [0.29, 0.717) is 38.7 Å². The first-order valence-corrected chi connectivity index (χ1v) is 8.99. The molecule has 2 rings (SSSR count). The molecule has 0 radical (unpaired) electrons.